The first-order valence-electron chi connectivity index (χ1n) is 14.5. The summed E-state index contributed by atoms with van der Waals surface area (Å²) in [4.78, 5) is 0. The lowest BCUT2D eigenvalue weighted by Gasteiger charge is -2.10. The minimum absolute atomic E-state index is 0.356. The molecule has 1 aliphatic rings. The zero-order valence-electron chi connectivity index (χ0n) is 21.8. The molecular formula is C29H54NO2S+. The smallest absolute Gasteiger partial charge is 0.224 e. The minimum Gasteiger partial charge on any atom is -0.379 e. The molecular weight excluding hydrogens is 426 g/mol. The highest BCUT2D eigenvalue weighted by Crippen LogP contribution is 2.25. The zero-order valence-corrected chi connectivity index (χ0v) is 22.6. The predicted octanol–water partition coefficient (Wildman–Crippen LogP) is 8.50. The molecule has 1 aliphatic heterocycles. The molecule has 0 spiro atoms. The maximum atomic E-state index is 5.99. The molecule has 0 amide bonds. The van der Waals surface area contributed by atoms with Gasteiger partial charge in [-0.2, -0.15) is 4.57 Å². The summed E-state index contributed by atoms with van der Waals surface area (Å²) in [7, 11) is 0. The van der Waals surface area contributed by atoms with Gasteiger partial charge in [-0.25, -0.2) is 0 Å². The second-order valence-electron chi connectivity index (χ2n) is 10.3. The molecule has 0 aromatic carbocycles. The van der Waals surface area contributed by atoms with Crippen LogP contribution in [0.5, 0.6) is 0 Å². The quantitative estimate of drug-likeness (QED) is 0.116. The van der Waals surface area contributed by atoms with Crippen LogP contribution in [0.3, 0.4) is 0 Å². The van der Waals surface area contributed by atoms with Gasteiger partial charge in [0.05, 0.1) is 18.1 Å². The van der Waals surface area contributed by atoms with Crippen molar-refractivity contribution >= 4 is 11.3 Å². The molecule has 33 heavy (non-hydrogen) atoms. The lowest BCUT2D eigenvalue weighted by molar-refractivity contribution is -0.692. The summed E-state index contributed by atoms with van der Waals surface area (Å²) in [5.74, 6) is 0.780. The molecule has 0 N–H and O–H groups in total. The van der Waals surface area contributed by atoms with Crippen molar-refractivity contribution in [3.05, 3.63) is 17.1 Å². The molecule has 2 atom stereocenters. The Morgan fingerprint density at radius 2 is 1.45 bits per heavy atom. The first-order valence-corrected chi connectivity index (χ1v) is 15.4. The molecule has 1 aromatic rings. The van der Waals surface area contributed by atoms with Crippen molar-refractivity contribution < 1.29 is 14.0 Å². The Morgan fingerprint density at radius 1 is 0.818 bits per heavy atom. The molecule has 2 heterocycles. The molecule has 3 nitrogen and oxygen atoms in total. The van der Waals surface area contributed by atoms with E-state index in [0.717, 1.165) is 25.7 Å². The van der Waals surface area contributed by atoms with E-state index in [4.69, 9.17) is 9.47 Å². The van der Waals surface area contributed by atoms with Crippen molar-refractivity contribution in [1.29, 1.82) is 0 Å². The Kier molecular flexibility index (Phi) is 18.2. The van der Waals surface area contributed by atoms with E-state index in [1.807, 2.05) is 0 Å². The molecule has 1 saturated heterocycles. The van der Waals surface area contributed by atoms with Crippen LogP contribution in [-0.4, -0.2) is 25.9 Å². The monoisotopic (exact) mass is 480 g/mol. The summed E-state index contributed by atoms with van der Waals surface area (Å²) in [6.45, 7) is 6.14. The molecule has 1 aromatic heterocycles. The summed E-state index contributed by atoms with van der Waals surface area (Å²) < 4.78 is 14.2. The first kappa shape index (κ1) is 28.8. The largest absolute Gasteiger partial charge is 0.379 e. The van der Waals surface area contributed by atoms with Crippen LogP contribution in [0.4, 0.5) is 0 Å². The molecule has 192 valence electrons. The van der Waals surface area contributed by atoms with Gasteiger partial charge >= 0.3 is 0 Å². The number of hydrogen-bond acceptors (Lipinski definition) is 3. The van der Waals surface area contributed by atoms with E-state index in [1.54, 1.807) is 11.3 Å². The molecule has 0 bridgehead atoms. The molecule has 2 rings (SSSR count). The number of ether oxygens (including phenoxy) is 2. The van der Waals surface area contributed by atoms with Crippen molar-refractivity contribution in [2.24, 2.45) is 5.92 Å². The number of rotatable bonds is 23. The van der Waals surface area contributed by atoms with Crippen molar-refractivity contribution in [3.8, 4) is 0 Å². The lowest BCUT2D eigenvalue weighted by atomic mass is 9.97. The third-order valence-electron chi connectivity index (χ3n) is 7.17. The van der Waals surface area contributed by atoms with E-state index >= 15 is 0 Å². The minimum atomic E-state index is 0.356. The van der Waals surface area contributed by atoms with E-state index in [2.05, 4.69) is 28.6 Å². The SMILES string of the molecule is CCCCCCCCCCCCCC[C@@H]1CO[C@H](COCCCCCCC[n+]2ccsc2)C1. The summed E-state index contributed by atoms with van der Waals surface area (Å²) in [5, 5.41) is 2.15. The second kappa shape index (κ2) is 20.9. The fourth-order valence-electron chi connectivity index (χ4n) is 5.00. The summed E-state index contributed by atoms with van der Waals surface area (Å²) in [5.41, 5.74) is 2.20. The van der Waals surface area contributed by atoms with Crippen molar-refractivity contribution in [2.45, 2.75) is 142 Å². The average molecular weight is 481 g/mol. The van der Waals surface area contributed by atoms with Crippen molar-refractivity contribution in [3.63, 3.8) is 0 Å². The number of thiazole rings is 1. The Balaban J connectivity index is 1.27. The molecule has 4 heteroatoms. The van der Waals surface area contributed by atoms with E-state index < -0.39 is 0 Å². The number of hydrogen-bond donors (Lipinski definition) is 0. The molecule has 1 fully saturated rings. The molecule has 0 aliphatic carbocycles. The highest BCUT2D eigenvalue weighted by Gasteiger charge is 2.24. The number of aromatic nitrogens is 1. The second-order valence-corrected chi connectivity index (χ2v) is 11.1. The van der Waals surface area contributed by atoms with Crippen LogP contribution in [0.15, 0.2) is 17.1 Å². The van der Waals surface area contributed by atoms with Gasteiger partial charge in [0, 0.05) is 19.6 Å². The number of nitrogens with zero attached hydrogens (tertiary/aromatic N) is 1. The predicted molar refractivity (Wildman–Crippen MR) is 142 cm³/mol. The maximum absolute atomic E-state index is 5.99. The van der Waals surface area contributed by atoms with Crippen LogP contribution in [0.2, 0.25) is 0 Å². The van der Waals surface area contributed by atoms with Gasteiger partial charge < -0.3 is 9.47 Å². The Morgan fingerprint density at radius 3 is 2.12 bits per heavy atom. The maximum Gasteiger partial charge on any atom is 0.224 e. The molecule has 0 radical (unpaired) electrons. The summed E-state index contributed by atoms with van der Waals surface area (Å²) in [6.07, 6.45) is 28.8. The summed E-state index contributed by atoms with van der Waals surface area (Å²) >= 11 is 1.77. The number of unbranched alkanes of at least 4 members (excludes halogenated alkanes) is 15. The van der Waals surface area contributed by atoms with Crippen LogP contribution in [-0.2, 0) is 16.0 Å². The van der Waals surface area contributed by atoms with Gasteiger partial charge in [-0.15, -0.1) is 0 Å². The van der Waals surface area contributed by atoms with E-state index in [0.29, 0.717) is 6.10 Å². The van der Waals surface area contributed by atoms with Gasteiger partial charge in [0.15, 0.2) is 6.20 Å². The number of aryl methyl sites for hydroxylation is 1. The lowest BCUT2D eigenvalue weighted by Crippen LogP contribution is -2.29. The highest BCUT2D eigenvalue weighted by molar-refractivity contribution is 7.07. The van der Waals surface area contributed by atoms with Gasteiger partial charge in [-0.1, -0.05) is 108 Å². The first-order chi connectivity index (χ1) is 16.4. The normalized spacial score (nSPS) is 18.3. The van der Waals surface area contributed by atoms with Crippen molar-refractivity contribution in [2.75, 3.05) is 19.8 Å². The third kappa shape index (κ3) is 16.0. The van der Waals surface area contributed by atoms with Gasteiger partial charge in [0.2, 0.25) is 5.51 Å². The van der Waals surface area contributed by atoms with Crippen LogP contribution >= 0.6 is 11.3 Å². The van der Waals surface area contributed by atoms with E-state index in [9.17, 15) is 0 Å². The zero-order chi connectivity index (χ0) is 23.2. The molecule has 0 unspecified atom stereocenters. The Labute approximate surface area is 209 Å². The fraction of sp³-hybridized carbons (Fsp3) is 0.897. The van der Waals surface area contributed by atoms with Crippen LogP contribution in [0.1, 0.15) is 129 Å². The van der Waals surface area contributed by atoms with Gasteiger partial charge in [-0.3, -0.25) is 0 Å². The van der Waals surface area contributed by atoms with E-state index in [-0.39, 0.29) is 0 Å². The van der Waals surface area contributed by atoms with Crippen molar-refractivity contribution in [1.82, 2.24) is 0 Å². The average Bonchev–Trinajstić information content (AvgIpc) is 3.51. The summed E-state index contributed by atoms with van der Waals surface area (Å²) in [6, 6.07) is 0. The van der Waals surface area contributed by atoms with Crippen LogP contribution in [0.25, 0.3) is 0 Å². The topological polar surface area (TPSA) is 22.3 Å². The van der Waals surface area contributed by atoms with Crippen LogP contribution < -0.4 is 4.57 Å². The Hall–Kier alpha value is -0.450. The Bertz CT molecular complexity index is 522. The van der Waals surface area contributed by atoms with E-state index in [1.165, 1.54) is 129 Å². The molecule has 0 saturated carbocycles. The third-order valence-corrected chi connectivity index (χ3v) is 7.84. The standard InChI is InChI=1S/C29H54NO2S/c1-2-3-4-5-6-7-8-9-10-11-13-16-19-28-24-29(32-25-28)26-31-22-18-15-12-14-17-20-30-21-23-33-27-30/h21,23,27-29H,2-20,22,24-26H2,1H3/q+1/t28-,29-/m0/s1. The van der Waals surface area contributed by atoms with Crippen LogP contribution in [0, 0.1) is 5.92 Å². The highest BCUT2D eigenvalue weighted by atomic mass is 32.1. The van der Waals surface area contributed by atoms with Gasteiger partial charge in [-0.05, 0) is 31.6 Å². The van der Waals surface area contributed by atoms with Gasteiger partial charge in [0.1, 0.15) is 6.54 Å². The fourth-order valence-corrected chi connectivity index (χ4v) is 5.63. The van der Waals surface area contributed by atoms with Gasteiger partial charge in [0.25, 0.3) is 0 Å².